The van der Waals surface area contributed by atoms with Crippen LogP contribution >= 0.6 is 0 Å². The lowest BCUT2D eigenvalue weighted by atomic mass is 10.3. The Balaban J connectivity index is 1.59. The van der Waals surface area contributed by atoms with Crippen LogP contribution in [0, 0.1) is 0 Å². The molecule has 0 radical (unpaired) electrons. The molecule has 0 aliphatic carbocycles. The Labute approximate surface area is 141 Å². The van der Waals surface area contributed by atoms with E-state index < -0.39 is 10.0 Å². The molecule has 1 aromatic carbocycles. The fraction of sp³-hybridized carbons (Fsp3) is 0.312. The summed E-state index contributed by atoms with van der Waals surface area (Å²) in [5.41, 5.74) is 0. The number of ether oxygens (including phenoxy) is 1. The lowest BCUT2D eigenvalue weighted by Gasteiger charge is -2.08. The molecule has 1 heterocycles. The maximum atomic E-state index is 11.8. The summed E-state index contributed by atoms with van der Waals surface area (Å²) in [6.07, 6.45) is 1.64. The van der Waals surface area contributed by atoms with Gasteiger partial charge in [-0.05, 0) is 24.3 Å². The van der Waals surface area contributed by atoms with Crippen LogP contribution in [0.2, 0.25) is 0 Å². The topological polar surface area (TPSA) is 97.6 Å². The summed E-state index contributed by atoms with van der Waals surface area (Å²) < 4.78 is 36.4. The second kappa shape index (κ2) is 9.09. The quantitative estimate of drug-likeness (QED) is 0.671. The number of furan rings is 1. The predicted octanol–water partition coefficient (Wildman–Crippen LogP) is 1.28. The zero-order valence-corrected chi connectivity index (χ0v) is 13.9. The number of nitrogens with one attached hydrogen (secondary N) is 2. The largest absolute Gasteiger partial charge is 0.493 e. The van der Waals surface area contributed by atoms with E-state index in [0.717, 1.165) is 0 Å². The smallest absolute Gasteiger partial charge is 0.223 e. The van der Waals surface area contributed by atoms with Crippen LogP contribution in [-0.4, -0.2) is 33.2 Å². The monoisotopic (exact) mass is 352 g/mol. The van der Waals surface area contributed by atoms with Crippen molar-refractivity contribution < 1.29 is 22.4 Å². The summed E-state index contributed by atoms with van der Waals surface area (Å²) in [7, 11) is -3.47. The van der Waals surface area contributed by atoms with Crippen molar-refractivity contribution in [3.05, 3.63) is 54.5 Å². The number of carbonyl (C=O) groups excluding carboxylic acids is 1. The zero-order chi connectivity index (χ0) is 17.3. The Hall–Kier alpha value is -2.32. The molecular formula is C16H20N2O5S. The fourth-order valence-corrected chi connectivity index (χ4v) is 2.74. The van der Waals surface area contributed by atoms with Gasteiger partial charge in [-0.3, -0.25) is 4.79 Å². The van der Waals surface area contributed by atoms with E-state index in [1.54, 1.807) is 24.3 Å². The van der Waals surface area contributed by atoms with Gasteiger partial charge in [-0.1, -0.05) is 18.2 Å². The molecule has 2 N–H and O–H groups in total. The third-order valence-corrected chi connectivity index (χ3v) is 4.41. The predicted molar refractivity (Wildman–Crippen MR) is 88.9 cm³/mol. The van der Waals surface area contributed by atoms with Crippen LogP contribution in [0.5, 0.6) is 5.75 Å². The number of hydrogen-bond acceptors (Lipinski definition) is 5. The van der Waals surface area contributed by atoms with Gasteiger partial charge >= 0.3 is 0 Å². The SMILES string of the molecule is O=C(CCOc1ccccc1)NCCS(=O)(=O)NCc1ccco1. The van der Waals surface area contributed by atoms with Gasteiger partial charge in [0, 0.05) is 6.54 Å². The van der Waals surface area contributed by atoms with Crippen molar-refractivity contribution in [1.29, 1.82) is 0 Å². The molecule has 0 unspecified atom stereocenters. The van der Waals surface area contributed by atoms with Crippen molar-refractivity contribution in [1.82, 2.24) is 10.0 Å². The van der Waals surface area contributed by atoms with E-state index in [2.05, 4.69) is 10.0 Å². The van der Waals surface area contributed by atoms with Crippen LogP contribution < -0.4 is 14.8 Å². The number of amides is 1. The highest BCUT2D eigenvalue weighted by Gasteiger charge is 2.11. The molecule has 0 bridgehead atoms. The number of carbonyl (C=O) groups is 1. The van der Waals surface area contributed by atoms with E-state index >= 15 is 0 Å². The minimum atomic E-state index is -3.47. The number of para-hydroxylation sites is 1. The lowest BCUT2D eigenvalue weighted by Crippen LogP contribution is -2.34. The van der Waals surface area contributed by atoms with E-state index in [9.17, 15) is 13.2 Å². The average molecular weight is 352 g/mol. The standard InChI is InChI=1S/C16H20N2O5S/c19-16(8-11-23-14-5-2-1-3-6-14)17-9-12-24(20,21)18-13-15-7-4-10-22-15/h1-7,10,18H,8-9,11-13H2,(H,17,19). The first kappa shape index (κ1) is 18.0. The normalized spacial score (nSPS) is 11.2. The van der Waals surface area contributed by atoms with Crippen LogP contribution in [0.15, 0.2) is 53.1 Å². The molecule has 0 aliphatic heterocycles. The summed E-state index contributed by atoms with van der Waals surface area (Å²) in [6.45, 7) is 0.366. The lowest BCUT2D eigenvalue weighted by molar-refractivity contribution is -0.121. The van der Waals surface area contributed by atoms with E-state index in [1.807, 2.05) is 18.2 Å². The van der Waals surface area contributed by atoms with E-state index in [-0.39, 0.29) is 37.8 Å². The number of benzene rings is 1. The Morgan fingerprint density at radius 2 is 1.92 bits per heavy atom. The van der Waals surface area contributed by atoms with E-state index in [1.165, 1.54) is 6.26 Å². The summed E-state index contributed by atoms with van der Waals surface area (Å²) >= 11 is 0. The van der Waals surface area contributed by atoms with Gasteiger partial charge in [-0.15, -0.1) is 0 Å². The van der Waals surface area contributed by atoms with Crippen LogP contribution in [0.25, 0.3) is 0 Å². The Morgan fingerprint density at radius 3 is 2.62 bits per heavy atom. The molecule has 0 atom stereocenters. The second-order valence-electron chi connectivity index (χ2n) is 4.98. The molecule has 2 aromatic rings. The van der Waals surface area contributed by atoms with Crippen molar-refractivity contribution >= 4 is 15.9 Å². The van der Waals surface area contributed by atoms with Crippen molar-refractivity contribution in [2.45, 2.75) is 13.0 Å². The first-order valence-corrected chi connectivity index (χ1v) is 9.15. The van der Waals surface area contributed by atoms with Crippen molar-refractivity contribution in [2.24, 2.45) is 0 Å². The van der Waals surface area contributed by atoms with Crippen LogP contribution in [0.1, 0.15) is 12.2 Å². The first-order valence-electron chi connectivity index (χ1n) is 7.49. The Bertz CT molecular complexity index is 714. The summed E-state index contributed by atoms with van der Waals surface area (Å²) in [5.74, 6) is 0.766. The highest BCUT2D eigenvalue weighted by Crippen LogP contribution is 2.08. The third kappa shape index (κ3) is 6.84. The molecule has 0 aliphatic rings. The molecule has 0 fully saturated rings. The molecule has 0 saturated heterocycles. The summed E-state index contributed by atoms with van der Waals surface area (Å²) in [4.78, 5) is 11.6. The molecule has 8 heteroatoms. The van der Waals surface area contributed by atoms with Crippen molar-refractivity contribution in [3.8, 4) is 5.75 Å². The highest BCUT2D eigenvalue weighted by molar-refractivity contribution is 7.89. The second-order valence-corrected chi connectivity index (χ2v) is 6.91. The van der Waals surface area contributed by atoms with E-state index in [4.69, 9.17) is 9.15 Å². The molecular weight excluding hydrogens is 332 g/mol. The van der Waals surface area contributed by atoms with Crippen LogP contribution in [0.3, 0.4) is 0 Å². The van der Waals surface area contributed by atoms with Gasteiger partial charge in [0.1, 0.15) is 11.5 Å². The minimum absolute atomic E-state index is 0.0393. The molecule has 1 amide bonds. The highest BCUT2D eigenvalue weighted by atomic mass is 32.2. The van der Waals surface area contributed by atoms with Crippen molar-refractivity contribution in [2.75, 3.05) is 18.9 Å². The minimum Gasteiger partial charge on any atom is -0.493 e. The summed E-state index contributed by atoms with van der Waals surface area (Å²) in [5, 5.41) is 2.56. The van der Waals surface area contributed by atoms with Crippen LogP contribution in [0.4, 0.5) is 0 Å². The first-order chi connectivity index (χ1) is 11.6. The molecule has 7 nitrogen and oxygen atoms in total. The zero-order valence-electron chi connectivity index (χ0n) is 13.1. The molecule has 24 heavy (non-hydrogen) atoms. The van der Waals surface area contributed by atoms with Crippen molar-refractivity contribution in [3.63, 3.8) is 0 Å². The fourth-order valence-electron chi connectivity index (χ4n) is 1.86. The van der Waals surface area contributed by atoms with Crippen LogP contribution in [-0.2, 0) is 21.4 Å². The number of rotatable bonds is 10. The van der Waals surface area contributed by atoms with Gasteiger partial charge in [-0.25, -0.2) is 13.1 Å². The number of sulfonamides is 1. The van der Waals surface area contributed by atoms with Gasteiger partial charge in [0.25, 0.3) is 0 Å². The average Bonchev–Trinajstić information content (AvgIpc) is 3.07. The third-order valence-electron chi connectivity index (χ3n) is 3.08. The van der Waals surface area contributed by atoms with Gasteiger partial charge in [-0.2, -0.15) is 0 Å². The van der Waals surface area contributed by atoms with Gasteiger partial charge in [0.15, 0.2) is 0 Å². The van der Waals surface area contributed by atoms with Gasteiger partial charge < -0.3 is 14.5 Å². The molecule has 0 saturated carbocycles. The Morgan fingerprint density at radius 1 is 1.12 bits per heavy atom. The van der Waals surface area contributed by atoms with Gasteiger partial charge in [0.2, 0.25) is 15.9 Å². The van der Waals surface area contributed by atoms with E-state index in [0.29, 0.717) is 11.5 Å². The molecule has 2 rings (SSSR count). The molecule has 1 aromatic heterocycles. The number of hydrogen-bond donors (Lipinski definition) is 2. The Kier molecular flexibility index (Phi) is 6.83. The summed E-state index contributed by atoms with van der Waals surface area (Å²) in [6, 6.07) is 12.5. The maximum absolute atomic E-state index is 11.8. The molecule has 130 valence electrons. The van der Waals surface area contributed by atoms with Gasteiger partial charge in [0.05, 0.1) is 31.6 Å². The maximum Gasteiger partial charge on any atom is 0.223 e. The molecule has 0 spiro atoms.